The van der Waals surface area contributed by atoms with Gasteiger partial charge in [-0.2, -0.15) is 0 Å². The molecule has 2 heterocycles. The van der Waals surface area contributed by atoms with E-state index in [-0.39, 0.29) is 21.3 Å². The molecule has 0 spiro atoms. The van der Waals surface area contributed by atoms with E-state index in [4.69, 9.17) is 23.2 Å². The van der Waals surface area contributed by atoms with Crippen LogP contribution in [-0.2, 0) is 10.0 Å². The third-order valence-corrected chi connectivity index (χ3v) is 5.26. The Bertz CT molecular complexity index is 1140. The lowest BCUT2D eigenvalue weighted by Gasteiger charge is -2.11. The van der Waals surface area contributed by atoms with Crippen LogP contribution < -0.4 is 10.3 Å². The predicted octanol–water partition coefficient (Wildman–Crippen LogP) is 2.68. The van der Waals surface area contributed by atoms with Crippen molar-refractivity contribution in [2.24, 2.45) is 0 Å². The smallest absolute Gasteiger partial charge is 0.272 e. The second-order valence-corrected chi connectivity index (χ2v) is 7.85. The largest absolute Gasteiger partial charge is 0.505 e. The first-order chi connectivity index (χ1) is 12.2. The van der Waals surface area contributed by atoms with Crippen LogP contribution in [0.4, 0.5) is 5.69 Å². The molecular weight excluding hydrogens is 403 g/mol. The quantitative estimate of drug-likeness (QED) is 0.606. The molecule has 3 rings (SSSR count). The number of pyridine rings is 1. The lowest BCUT2D eigenvalue weighted by molar-refractivity contribution is 0.459. The van der Waals surface area contributed by atoms with Gasteiger partial charge in [-0.1, -0.05) is 23.2 Å². The van der Waals surface area contributed by atoms with E-state index in [0.29, 0.717) is 11.5 Å². The van der Waals surface area contributed by atoms with Crippen molar-refractivity contribution < 1.29 is 13.5 Å². The minimum atomic E-state index is -4.16. The summed E-state index contributed by atoms with van der Waals surface area (Å²) >= 11 is 11.6. The van der Waals surface area contributed by atoms with Crippen LogP contribution in [0, 0.1) is 6.92 Å². The highest BCUT2D eigenvalue weighted by Gasteiger charge is 2.22. The van der Waals surface area contributed by atoms with Crippen molar-refractivity contribution in [3.63, 3.8) is 0 Å². The van der Waals surface area contributed by atoms with E-state index in [1.807, 2.05) is 0 Å². The summed E-state index contributed by atoms with van der Waals surface area (Å²) in [6, 6.07) is 6.59. The number of nitrogens with one attached hydrogen (secondary N) is 2. The van der Waals surface area contributed by atoms with Gasteiger partial charge in [0, 0.05) is 16.8 Å². The number of aryl methyl sites for hydroxylation is 1. The molecule has 0 saturated carbocycles. The van der Waals surface area contributed by atoms with Crippen LogP contribution in [0.3, 0.4) is 0 Å². The number of phenols is 1. The number of benzene rings is 1. The molecule has 0 unspecified atom stereocenters. The topological polar surface area (TPSA) is 117 Å². The molecule has 0 aliphatic rings. The van der Waals surface area contributed by atoms with E-state index in [9.17, 15) is 18.3 Å². The van der Waals surface area contributed by atoms with Crippen LogP contribution >= 0.6 is 23.2 Å². The molecule has 0 aliphatic heterocycles. The standard InChI is InChI=1S/C15H12Cl2N4O4S/c1-8-4-14(22)21(19-8)13-3-2-10(7-18-13)20-26(24,25)12-6-9(16)5-11(17)15(12)23/h2-7,19-20,23H,1H3. The van der Waals surface area contributed by atoms with Gasteiger partial charge in [-0.3, -0.25) is 14.6 Å². The lowest BCUT2D eigenvalue weighted by Crippen LogP contribution is -2.16. The van der Waals surface area contributed by atoms with E-state index >= 15 is 0 Å². The van der Waals surface area contributed by atoms with Gasteiger partial charge in [0.05, 0.1) is 16.9 Å². The zero-order valence-electron chi connectivity index (χ0n) is 13.2. The van der Waals surface area contributed by atoms with Crippen LogP contribution in [0.2, 0.25) is 10.0 Å². The molecule has 0 aliphatic carbocycles. The number of halogens is 2. The molecule has 8 nitrogen and oxygen atoms in total. The molecule has 3 N–H and O–H groups in total. The van der Waals surface area contributed by atoms with Gasteiger partial charge in [0.25, 0.3) is 15.6 Å². The molecule has 0 amide bonds. The summed E-state index contributed by atoms with van der Waals surface area (Å²) in [5.41, 5.74) is 0.497. The van der Waals surface area contributed by atoms with Gasteiger partial charge >= 0.3 is 0 Å². The molecule has 3 aromatic rings. The fourth-order valence-electron chi connectivity index (χ4n) is 2.22. The van der Waals surface area contributed by atoms with Crippen molar-refractivity contribution >= 4 is 38.9 Å². The molecule has 11 heteroatoms. The van der Waals surface area contributed by atoms with Crippen molar-refractivity contribution in [3.8, 4) is 11.6 Å². The highest BCUT2D eigenvalue weighted by atomic mass is 35.5. The van der Waals surface area contributed by atoms with E-state index in [0.717, 1.165) is 6.07 Å². The van der Waals surface area contributed by atoms with Gasteiger partial charge in [-0.05, 0) is 31.2 Å². The van der Waals surface area contributed by atoms with E-state index in [1.165, 1.54) is 35.1 Å². The van der Waals surface area contributed by atoms with Crippen LogP contribution in [0.5, 0.6) is 5.75 Å². The summed E-state index contributed by atoms with van der Waals surface area (Å²) in [5.74, 6) is -0.318. The Morgan fingerprint density at radius 2 is 1.96 bits per heavy atom. The molecular formula is C15H12Cl2N4O4S. The average Bonchev–Trinajstić information content (AvgIpc) is 2.89. The lowest BCUT2D eigenvalue weighted by atomic mass is 10.3. The molecule has 0 bridgehead atoms. The monoisotopic (exact) mass is 414 g/mol. The Labute approximate surface area is 158 Å². The minimum Gasteiger partial charge on any atom is -0.505 e. The molecule has 2 aromatic heterocycles. The first kappa shape index (κ1) is 18.3. The molecule has 0 radical (unpaired) electrons. The van der Waals surface area contributed by atoms with Crippen LogP contribution in [0.25, 0.3) is 5.82 Å². The van der Waals surface area contributed by atoms with E-state index in [2.05, 4.69) is 14.8 Å². The maximum Gasteiger partial charge on any atom is 0.272 e. The Hall–Kier alpha value is -2.49. The van der Waals surface area contributed by atoms with Gasteiger partial charge in [0.2, 0.25) is 0 Å². The van der Waals surface area contributed by atoms with E-state index in [1.54, 1.807) is 6.92 Å². The Morgan fingerprint density at radius 1 is 1.23 bits per heavy atom. The first-order valence-electron chi connectivity index (χ1n) is 7.13. The summed E-state index contributed by atoms with van der Waals surface area (Å²) in [4.78, 5) is 15.4. The Balaban J connectivity index is 1.92. The second-order valence-electron chi connectivity index (χ2n) is 5.36. The number of phenolic OH excluding ortho intramolecular Hbond substituents is 1. The first-order valence-corrected chi connectivity index (χ1v) is 9.37. The Morgan fingerprint density at radius 3 is 2.54 bits per heavy atom. The summed E-state index contributed by atoms with van der Waals surface area (Å²) < 4.78 is 28.4. The van der Waals surface area contributed by atoms with Crippen molar-refractivity contribution in [1.29, 1.82) is 0 Å². The van der Waals surface area contributed by atoms with Crippen molar-refractivity contribution in [2.75, 3.05) is 4.72 Å². The number of aromatic amines is 1. The highest BCUT2D eigenvalue weighted by molar-refractivity contribution is 7.92. The molecule has 1 aromatic carbocycles. The number of H-pyrrole nitrogens is 1. The van der Waals surface area contributed by atoms with Crippen molar-refractivity contribution in [1.82, 2.24) is 14.8 Å². The molecule has 0 fully saturated rings. The fraction of sp³-hybridized carbons (Fsp3) is 0.0667. The summed E-state index contributed by atoms with van der Waals surface area (Å²) in [5, 5.41) is 12.6. The number of aromatic hydroxyl groups is 1. The third kappa shape index (κ3) is 3.55. The number of hydrogen-bond donors (Lipinski definition) is 3. The van der Waals surface area contributed by atoms with Crippen LogP contribution in [0.15, 0.2) is 46.2 Å². The van der Waals surface area contributed by atoms with Crippen LogP contribution in [0.1, 0.15) is 5.69 Å². The van der Waals surface area contributed by atoms with Gasteiger partial charge in [-0.25, -0.2) is 18.1 Å². The third-order valence-electron chi connectivity index (χ3n) is 3.36. The number of nitrogens with zero attached hydrogens (tertiary/aromatic N) is 2. The van der Waals surface area contributed by atoms with Crippen molar-refractivity contribution in [3.05, 3.63) is 62.6 Å². The number of rotatable bonds is 4. The SMILES string of the molecule is Cc1cc(=O)n(-c2ccc(NS(=O)(=O)c3cc(Cl)cc(Cl)c3O)cn2)[nH]1. The summed E-state index contributed by atoms with van der Waals surface area (Å²) in [7, 11) is -4.16. The summed E-state index contributed by atoms with van der Waals surface area (Å²) in [6.07, 6.45) is 1.23. The summed E-state index contributed by atoms with van der Waals surface area (Å²) in [6.45, 7) is 1.73. The number of aromatic nitrogens is 3. The minimum absolute atomic E-state index is 0.0585. The van der Waals surface area contributed by atoms with Gasteiger partial charge in [0.15, 0.2) is 11.6 Å². The maximum absolute atomic E-state index is 12.5. The average molecular weight is 415 g/mol. The number of anilines is 1. The number of sulfonamides is 1. The number of hydrogen-bond acceptors (Lipinski definition) is 5. The van der Waals surface area contributed by atoms with Gasteiger partial charge in [0.1, 0.15) is 4.90 Å². The zero-order valence-corrected chi connectivity index (χ0v) is 15.5. The highest BCUT2D eigenvalue weighted by Crippen LogP contribution is 2.34. The maximum atomic E-state index is 12.5. The van der Waals surface area contributed by atoms with Gasteiger partial charge in [-0.15, -0.1) is 0 Å². The van der Waals surface area contributed by atoms with E-state index < -0.39 is 20.7 Å². The van der Waals surface area contributed by atoms with Crippen LogP contribution in [-0.4, -0.2) is 28.3 Å². The predicted molar refractivity (Wildman–Crippen MR) is 97.9 cm³/mol. The second kappa shape index (κ2) is 6.67. The fourth-order valence-corrected chi connectivity index (χ4v) is 4.02. The molecule has 0 atom stereocenters. The van der Waals surface area contributed by atoms with Gasteiger partial charge < -0.3 is 5.11 Å². The molecule has 0 saturated heterocycles. The molecule has 136 valence electrons. The molecule has 26 heavy (non-hydrogen) atoms. The Kier molecular flexibility index (Phi) is 4.70. The van der Waals surface area contributed by atoms with Crippen molar-refractivity contribution in [2.45, 2.75) is 11.8 Å². The normalized spacial score (nSPS) is 11.5. The zero-order chi connectivity index (χ0) is 19.1.